The van der Waals surface area contributed by atoms with Gasteiger partial charge in [0.25, 0.3) is 0 Å². The van der Waals surface area contributed by atoms with E-state index in [0.717, 1.165) is 12.8 Å². The van der Waals surface area contributed by atoms with Crippen LogP contribution in [0.25, 0.3) is 0 Å². The standard InChI is InChI=1S/C13H22N4O4/c1-16(7-11(18)15-9-2-3-9)12(19)8-17-5-4-14-6-10(17)13(20)21/h9-10,14H,2-8H2,1H3,(H,15,18)(H,20,21). The molecule has 118 valence electrons. The lowest BCUT2D eigenvalue weighted by Gasteiger charge is -2.33. The molecule has 8 nitrogen and oxygen atoms in total. The van der Waals surface area contributed by atoms with Crippen molar-refractivity contribution in [2.75, 3.05) is 39.8 Å². The van der Waals surface area contributed by atoms with Crippen molar-refractivity contribution in [3.8, 4) is 0 Å². The number of piperazine rings is 1. The first-order chi connectivity index (χ1) is 9.97. The molecule has 1 unspecified atom stereocenters. The summed E-state index contributed by atoms with van der Waals surface area (Å²) in [4.78, 5) is 37.9. The molecule has 8 heteroatoms. The van der Waals surface area contributed by atoms with E-state index in [1.807, 2.05) is 0 Å². The summed E-state index contributed by atoms with van der Waals surface area (Å²) in [5.41, 5.74) is 0. The van der Waals surface area contributed by atoms with E-state index >= 15 is 0 Å². The minimum atomic E-state index is -0.941. The van der Waals surface area contributed by atoms with E-state index in [9.17, 15) is 14.4 Å². The van der Waals surface area contributed by atoms with Crippen molar-refractivity contribution in [2.24, 2.45) is 0 Å². The number of amides is 2. The molecule has 1 atom stereocenters. The first-order valence-electron chi connectivity index (χ1n) is 7.18. The molecule has 0 radical (unpaired) electrons. The zero-order valence-electron chi connectivity index (χ0n) is 12.2. The van der Waals surface area contributed by atoms with Crippen molar-refractivity contribution in [2.45, 2.75) is 24.9 Å². The van der Waals surface area contributed by atoms with E-state index in [1.165, 1.54) is 4.90 Å². The Morgan fingerprint density at radius 3 is 2.71 bits per heavy atom. The summed E-state index contributed by atoms with van der Waals surface area (Å²) >= 11 is 0. The maximum Gasteiger partial charge on any atom is 0.322 e. The monoisotopic (exact) mass is 298 g/mol. The predicted octanol–water partition coefficient (Wildman–Crippen LogP) is -1.92. The molecule has 1 heterocycles. The Balaban J connectivity index is 1.80. The van der Waals surface area contributed by atoms with Crippen molar-refractivity contribution < 1.29 is 19.5 Å². The second kappa shape index (κ2) is 6.86. The maximum atomic E-state index is 12.1. The molecule has 0 aromatic rings. The zero-order chi connectivity index (χ0) is 15.4. The molecule has 2 amide bonds. The van der Waals surface area contributed by atoms with Crippen LogP contribution in [0.15, 0.2) is 0 Å². The van der Waals surface area contributed by atoms with Gasteiger partial charge in [0.2, 0.25) is 11.8 Å². The maximum absolute atomic E-state index is 12.1. The average molecular weight is 298 g/mol. The van der Waals surface area contributed by atoms with Crippen LogP contribution in [0.5, 0.6) is 0 Å². The fourth-order valence-electron chi connectivity index (χ4n) is 2.28. The quantitative estimate of drug-likeness (QED) is 0.528. The van der Waals surface area contributed by atoms with Crippen molar-refractivity contribution in [3.63, 3.8) is 0 Å². The molecule has 1 saturated heterocycles. The average Bonchev–Trinajstić information content (AvgIpc) is 3.22. The van der Waals surface area contributed by atoms with Gasteiger partial charge < -0.3 is 20.6 Å². The van der Waals surface area contributed by atoms with Crippen LogP contribution in [0.1, 0.15) is 12.8 Å². The largest absolute Gasteiger partial charge is 0.480 e. The number of rotatable bonds is 6. The second-order valence-electron chi connectivity index (χ2n) is 5.62. The van der Waals surface area contributed by atoms with E-state index < -0.39 is 12.0 Å². The van der Waals surface area contributed by atoms with Crippen molar-refractivity contribution in [3.05, 3.63) is 0 Å². The molecule has 2 aliphatic rings. The fourth-order valence-corrected chi connectivity index (χ4v) is 2.28. The molecule has 21 heavy (non-hydrogen) atoms. The Kier molecular flexibility index (Phi) is 5.13. The number of hydrogen-bond acceptors (Lipinski definition) is 5. The van der Waals surface area contributed by atoms with Gasteiger partial charge in [-0.05, 0) is 12.8 Å². The number of carbonyl (C=O) groups excluding carboxylic acids is 2. The van der Waals surface area contributed by atoms with Crippen LogP contribution in [0.2, 0.25) is 0 Å². The Bertz CT molecular complexity index is 424. The Hall–Kier alpha value is -1.67. The molecular weight excluding hydrogens is 276 g/mol. The first kappa shape index (κ1) is 15.7. The van der Waals surface area contributed by atoms with Gasteiger partial charge in [-0.15, -0.1) is 0 Å². The number of hydrogen-bond donors (Lipinski definition) is 3. The third kappa shape index (κ3) is 4.68. The number of carbonyl (C=O) groups is 3. The molecule has 0 bridgehead atoms. The van der Waals surface area contributed by atoms with Gasteiger partial charge in [0.1, 0.15) is 6.04 Å². The molecule has 0 spiro atoms. The third-order valence-corrected chi connectivity index (χ3v) is 3.73. The van der Waals surface area contributed by atoms with Crippen LogP contribution in [-0.2, 0) is 14.4 Å². The summed E-state index contributed by atoms with van der Waals surface area (Å²) in [5, 5.41) is 15.0. The van der Waals surface area contributed by atoms with Crippen LogP contribution in [0.4, 0.5) is 0 Å². The highest BCUT2D eigenvalue weighted by molar-refractivity contribution is 5.86. The lowest BCUT2D eigenvalue weighted by Crippen LogP contribution is -2.57. The van der Waals surface area contributed by atoms with Crippen LogP contribution < -0.4 is 10.6 Å². The molecule has 1 saturated carbocycles. The molecule has 0 aromatic heterocycles. The second-order valence-corrected chi connectivity index (χ2v) is 5.62. The van der Waals surface area contributed by atoms with Gasteiger partial charge in [-0.1, -0.05) is 0 Å². The number of likely N-dealkylation sites (N-methyl/N-ethyl adjacent to an activating group) is 1. The van der Waals surface area contributed by atoms with E-state index in [2.05, 4.69) is 10.6 Å². The highest BCUT2D eigenvalue weighted by atomic mass is 16.4. The summed E-state index contributed by atoms with van der Waals surface area (Å²) < 4.78 is 0. The third-order valence-electron chi connectivity index (χ3n) is 3.73. The van der Waals surface area contributed by atoms with Crippen molar-refractivity contribution in [1.29, 1.82) is 0 Å². The molecule has 1 aliphatic heterocycles. The molecule has 2 rings (SSSR count). The summed E-state index contributed by atoms with van der Waals surface area (Å²) in [6.07, 6.45) is 2.01. The summed E-state index contributed by atoms with van der Waals surface area (Å²) in [6.45, 7) is 1.52. The molecule has 3 N–H and O–H groups in total. The fraction of sp³-hybridized carbons (Fsp3) is 0.769. The van der Waals surface area contributed by atoms with Gasteiger partial charge in [0.05, 0.1) is 13.1 Å². The zero-order valence-corrected chi connectivity index (χ0v) is 12.2. The molecular formula is C13H22N4O4. The summed E-state index contributed by atoms with van der Waals surface area (Å²) in [5.74, 6) is -1.35. The van der Waals surface area contributed by atoms with Gasteiger partial charge >= 0.3 is 5.97 Å². The Labute approximate surface area is 123 Å². The van der Waals surface area contributed by atoms with Crippen LogP contribution in [-0.4, -0.2) is 84.5 Å². The summed E-state index contributed by atoms with van der Waals surface area (Å²) in [7, 11) is 1.56. The topological polar surface area (TPSA) is 102 Å². The van der Waals surface area contributed by atoms with E-state index in [0.29, 0.717) is 19.6 Å². The van der Waals surface area contributed by atoms with Gasteiger partial charge in [0, 0.05) is 32.7 Å². The molecule has 2 fully saturated rings. The number of carboxylic acids is 1. The number of nitrogens with one attached hydrogen (secondary N) is 2. The lowest BCUT2D eigenvalue weighted by molar-refractivity contribution is -0.146. The first-order valence-corrected chi connectivity index (χ1v) is 7.18. The van der Waals surface area contributed by atoms with Crippen molar-refractivity contribution in [1.82, 2.24) is 20.4 Å². The number of carboxylic acid groups (broad SMARTS) is 1. The van der Waals surface area contributed by atoms with E-state index in [1.54, 1.807) is 11.9 Å². The van der Waals surface area contributed by atoms with Gasteiger partial charge in [-0.25, -0.2) is 0 Å². The minimum Gasteiger partial charge on any atom is -0.480 e. The molecule has 1 aliphatic carbocycles. The van der Waals surface area contributed by atoms with Crippen LogP contribution >= 0.6 is 0 Å². The van der Waals surface area contributed by atoms with E-state index in [4.69, 9.17) is 5.11 Å². The van der Waals surface area contributed by atoms with Gasteiger partial charge in [-0.2, -0.15) is 0 Å². The minimum absolute atomic E-state index is 0.0131. The van der Waals surface area contributed by atoms with Gasteiger partial charge in [0.15, 0.2) is 0 Å². The Morgan fingerprint density at radius 2 is 2.10 bits per heavy atom. The SMILES string of the molecule is CN(CC(=O)NC1CC1)C(=O)CN1CCNCC1C(=O)O. The smallest absolute Gasteiger partial charge is 0.322 e. The Morgan fingerprint density at radius 1 is 1.38 bits per heavy atom. The number of aliphatic carboxylic acids is 1. The highest BCUT2D eigenvalue weighted by Gasteiger charge is 2.31. The van der Waals surface area contributed by atoms with Crippen LogP contribution in [0, 0.1) is 0 Å². The van der Waals surface area contributed by atoms with Crippen LogP contribution in [0.3, 0.4) is 0 Å². The summed E-state index contributed by atoms with van der Waals surface area (Å²) in [6, 6.07) is -0.429. The predicted molar refractivity (Wildman–Crippen MR) is 74.7 cm³/mol. The lowest BCUT2D eigenvalue weighted by atomic mass is 10.2. The van der Waals surface area contributed by atoms with Crippen molar-refractivity contribution >= 4 is 17.8 Å². The normalized spacial score (nSPS) is 22.6. The van der Waals surface area contributed by atoms with E-state index in [-0.39, 0.29) is 30.9 Å². The highest BCUT2D eigenvalue weighted by Crippen LogP contribution is 2.18. The molecule has 0 aromatic carbocycles. The van der Waals surface area contributed by atoms with Gasteiger partial charge in [-0.3, -0.25) is 19.3 Å². The number of nitrogens with zero attached hydrogens (tertiary/aromatic N) is 2.